The summed E-state index contributed by atoms with van der Waals surface area (Å²) in [6, 6.07) is 6.20. The van der Waals surface area contributed by atoms with E-state index in [1.165, 1.54) is 5.56 Å². The second-order valence-electron chi connectivity index (χ2n) is 3.47. The lowest BCUT2D eigenvalue weighted by atomic mass is 10.0. The zero-order valence-corrected chi connectivity index (χ0v) is 11.8. The molecule has 0 aliphatic carbocycles. The summed E-state index contributed by atoms with van der Waals surface area (Å²) in [6.45, 7) is 1.87. The average Bonchev–Trinajstić information content (AvgIpc) is 2.26. The molecule has 86 valence electrons. The van der Waals surface area contributed by atoms with Crippen LogP contribution in [0.15, 0.2) is 22.7 Å². The topological polar surface area (TPSA) is 12.0 Å². The van der Waals surface area contributed by atoms with E-state index in [-0.39, 0.29) is 0 Å². The van der Waals surface area contributed by atoms with Crippen LogP contribution in [0.4, 0.5) is 0 Å². The fourth-order valence-electron chi connectivity index (χ4n) is 1.58. The summed E-state index contributed by atoms with van der Waals surface area (Å²) in [7, 11) is 1.96. The Balaban J connectivity index is 2.80. The molecule has 0 bridgehead atoms. The highest BCUT2D eigenvalue weighted by atomic mass is 79.9. The molecule has 0 fully saturated rings. The first kappa shape index (κ1) is 13.6. The van der Waals surface area contributed by atoms with Gasteiger partial charge in [0.15, 0.2) is 0 Å². The number of hydrogen-bond acceptors (Lipinski definition) is 1. The van der Waals surface area contributed by atoms with Crippen LogP contribution in [0.2, 0.25) is 5.02 Å². The second-order valence-corrected chi connectivity index (χ2v) is 4.76. The number of benzene rings is 1. The van der Waals surface area contributed by atoms with Gasteiger partial charge in [0, 0.05) is 22.0 Å². The fraction of sp³-hybridized carbons (Fsp3) is 0.385. The number of rotatable bonds is 4. The summed E-state index contributed by atoms with van der Waals surface area (Å²) >= 11 is 9.46. The van der Waals surface area contributed by atoms with E-state index in [1.807, 2.05) is 32.2 Å². The Morgan fingerprint density at radius 1 is 1.50 bits per heavy atom. The molecule has 3 heteroatoms. The Kier molecular flexibility index (Phi) is 5.90. The van der Waals surface area contributed by atoms with E-state index in [2.05, 4.69) is 33.1 Å². The van der Waals surface area contributed by atoms with E-state index in [4.69, 9.17) is 11.6 Å². The molecule has 1 nitrogen and oxygen atoms in total. The van der Waals surface area contributed by atoms with Crippen molar-refractivity contribution in [3.63, 3.8) is 0 Å². The van der Waals surface area contributed by atoms with Crippen LogP contribution in [-0.4, -0.2) is 7.05 Å². The highest BCUT2D eigenvalue weighted by molar-refractivity contribution is 9.10. The van der Waals surface area contributed by atoms with Gasteiger partial charge in [0.2, 0.25) is 0 Å². The molecule has 0 saturated heterocycles. The van der Waals surface area contributed by atoms with Gasteiger partial charge >= 0.3 is 0 Å². The van der Waals surface area contributed by atoms with E-state index in [1.54, 1.807) is 0 Å². The van der Waals surface area contributed by atoms with Gasteiger partial charge in [-0.05, 0) is 38.1 Å². The highest BCUT2D eigenvalue weighted by Gasteiger charge is 2.11. The van der Waals surface area contributed by atoms with Crippen LogP contribution in [0, 0.1) is 11.8 Å². The normalized spacial score (nSPS) is 11.8. The lowest BCUT2D eigenvalue weighted by Crippen LogP contribution is -2.16. The molecule has 0 radical (unpaired) electrons. The summed E-state index contributed by atoms with van der Waals surface area (Å²) in [4.78, 5) is 0. The Bertz CT molecular complexity index is 406. The molecule has 0 heterocycles. The van der Waals surface area contributed by atoms with Crippen molar-refractivity contribution in [2.24, 2.45) is 0 Å². The molecular weight excluding hydrogens is 286 g/mol. The Hall–Kier alpha value is -0.490. The average molecular weight is 301 g/mol. The first-order valence-electron chi connectivity index (χ1n) is 5.21. The minimum absolute atomic E-state index is 0.312. The van der Waals surface area contributed by atoms with Crippen molar-refractivity contribution in [2.75, 3.05) is 7.05 Å². The van der Waals surface area contributed by atoms with Gasteiger partial charge < -0.3 is 5.32 Å². The summed E-state index contributed by atoms with van der Waals surface area (Å²) in [5, 5.41) is 4.05. The number of halogens is 2. The maximum atomic E-state index is 5.92. The van der Waals surface area contributed by atoms with Crippen molar-refractivity contribution < 1.29 is 0 Å². The van der Waals surface area contributed by atoms with Crippen LogP contribution in [0.1, 0.15) is 31.4 Å². The first-order valence-corrected chi connectivity index (χ1v) is 6.38. The van der Waals surface area contributed by atoms with Crippen molar-refractivity contribution in [1.29, 1.82) is 0 Å². The summed E-state index contributed by atoms with van der Waals surface area (Å²) < 4.78 is 1.05. The Labute approximate surface area is 111 Å². The molecule has 0 amide bonds. The predicted octanol–water partition coefficient (Wildman–Crippen LogP) is 4.17. The molecule has 0 spiro atoms. The maximum absolute atomic E-state index is 5.92. The molecule has 1 unspecified atom stereocenters. The molecule has 0 saturated carbocycles. The second kappa shape index (κ2) is 6.96. The Morgan fingerprint density at radius 2 is 2.25 bits per heavy atom. The van der Waals surface area contributed by atoms with E-state index in [9.17, 15) is 0 Å². The number of nitrogens with one attached hydrogen (secondary N) is 1. The van der Waals surface area contributed by atoms with Gasteiger partial charge in [0.1, 0.15) is 0 Å². The quantitative estimate of drug-likeness (QED) is 0.823. The van der Waals surface area contributed by atoms with Gasteiger partial charge in [-0.25, -0.2) is 0 Å². The van der Waals surface area contributed by atoms with E-state index >= 15 is 0 Å². The molecule has 1 N–H and O–H groups in total. The molecule has 0 aliphatic heterocycles. The fourth-order valence-corrected chi connectivity index (χ4v) is 2.54. The first-order chi connectivity index (χ1) is 7.69. The van der Waals surface area contributed by atoms with Gasteiger partial charge in [-0.1, -0.05) is 33.6 Å². The van der Waals surface area contributed by atoms with Gasteiger partial charge in [-0.2, -0.15) is 0 Å². The Morgan fingerprint density at radius 3 is 2.81 bits per heavy atom. The van der Waals surface area contributed by atoms with Gasteiger partial charge in [-0.15, -0.1) is 11.8 Å². The van der Waals surface area contributed by atoms with Crippen molar-refractivity contribution in [2.45, 2.75) is 25.8 Å². The van der Waals surface area contributed by atoms with E-state index in [0.717, 1.165) is 22.3 Å². The third-order valence-corrected chi connectivity index (χ3v) is 3.34. The van der Waals surface area contributed by atoms with Crippen LogP contribution in [-0.2, 0) is 0 Å². The molecular formula is C13H15BrClN. The van der Waals surface area contributed by atoms with Gasteiger partial charge in [0.05, 0.1) is 0 Å². The highest BCUT2D eigenvalue weighted by Crippen LogP contribution is 2.28. The standard InChI is InChI=1S/C13H15BrClN/c1-3-4-5-6-13(16-2)11-8-7-10(15)9-12(11)14/h7-9,13,16H,5-6H2,1-2H3. The third-order valence-electron chi connectivity index (χ3n) is 2.42. The lowest BCUT2D eigenvalue weighted by Gasteiger charge is -2.17. The van der Waals surface area contributed by atoms with Crippen LogP contribution < -0.4 is 5.32 Å². The molecule has 0 aliphatic rings. The van der Waals surface area contributed by atoms with Gasteiger partial charge in [0.25, 0.3) is 0 Å². The third kappa shape index (κ3) is 3.83. The minimum atomic E-state index is 0.312. The monoisotopic (exact) mass is 299 g/mol. The van der Waals surface area contributed by atoms with Crippen molar-refractivity contribution >= 4 is 27.5 Å². The molecule has 1 rings (SSSR count). The lowest BCUT2D eigenvalue weighted by molar-refractivity contribution is 0.556. The number of hydrogen-bond donors (Lipinski definition) is 1. The van der Waals surface area contributed by atoms with E-state index < -0.39 is 0 Å². The van der Waals surface area contributed by atoms with Crippen molar-refractivity contribution in [3.8, 4) is 11.8 Å². The molecule has 1 aromatic carbocycles. The molecule has 16 heavy (non-hydrogen) atoms. The van der Waals surface area contributed by atoms with Crippen molar-refractivity contribution in [3.05, 3.63) is 33.3 Å². The molecule has 1 aromatic rings. The zero-order chi connectivity index (χ0) is 12.0. The molecule has 1 atom stereocenters. The van der Waals surface area contributed by atoms with E-state index in [0.29, 0.717) is 6.04 Å². The van der Waals surface area contributed by atoms with Crippen LogP contribution in [0.5, 0.6) is 0 Å². The SMILES string of the molecule is CC#CCCC(NC)c1ccc(Cl)cc1Br. The smallest absolute Gasteiger partial charge is 0.0417 e. The minimum Gasteiger partial charge on any atom is -0.313 e. The summed E-state index contributed by atoms with van der Waals surface area (Å²) in [5.74, 6) is 5.99. The van der Waals surface area contributed by atoms with Crippen LogP contribution >= 0.6 is 27.5 Å². The summed E-state index contributed by atoms with van der Waals surface area (Å²) in [6.07, 6.45) is 1.90. The molecule has 0 aromatic heterocycles. The van der Waals surface area contributed by atoms with Crippen LogP contribution in [0.3, 0.4) is 0 Å². The largest absolute Gasteiger partial charge is 0.313 e. The zero-order valence-electron chi connectivity index (χ0n) is 9.48. The van der Waals surface area contributed by atoms with Crippen LogP contribution in [0.25, 0.3) is 0 Å². The summed E-state index contributed by atoms with van der Waals surface area (Å²) in [5.41, 5.74) is 1.23. The maximum Gasteiger partial charge on any atom is 0.0417 e. The van der Waals surface area contributed by atoms with Gasteiger partial charge in [-0.3, -0.25) is 0 Å². The van der Waals surface area contributed by atoms with Crippen molar-refractivity contribution in [1.82, 2.24) is 5.32 Å². The predicted molar refractivity (Wildman–Crippen MR) is 73.6 cm³/mol.